The van der Waals surface area contributed by atoms with E-state index in [2.05, 4.69) is 17.1 Å². The second-order valence-electron chi connectivity index (χ2n) is 7.36. The van der Waals surface area contributed by atoms with Gasteiger partial charge in [0.2, 0.25) is 5.91 Å². The minimum atomic E-state index is 0.0237. The SMILES string of the molecule is CC1NC(C2CCCC2)N(CC2(C)CCCC2)C1=O. The van der Waals surface area contributed by atoms with Crippen molar-refractivity contribution >= 4 is 5.91 Å². The Morgan fingerprint density at radius 3 is 2.47 bits per heavy atom. The maximum Gasteiger partial charge on any atom is 0.240 e. The fourth-order valence-corrected chi connectivity index (χ4v) is 4.44. The first-order chi connectivity index (χ1) is 9.09. The third-order valence-corrected chi connectivity index (χ3v) is 5.62. The molecule has 108 valence electrons. The standard InChI is InChI=1S/C16H28N2O/c1-12-15(19)18(11-16(2)9-5-6-10-16)14(17-12)13-7-3-4-8-13/h12-14,17H,3-11H2,1-2H3. The zero-order valence-corrected chi connectivity index (χ0v) is 12.5. The van der Waals surface area contributed by atoms with Gasteiger partial charge in [-0.3, -0.25) is 10.1 Å². The van der Waals surface area contributed by atoms with Crippen molar-refractivity contribution in [3.8, 4) is 0 Å². The van der Waals surface area contributed by atoms with Crippen molar-refractivity contribution in [1.29, 1.82) is 0 Å². The smallest absolute Gasteiger partial charge is 0.240 e. The van der Waals surface area contributed by atoms with Crippen LogP contribution in [0.2, 0.25) is 0 Å². The molecule has 0 aromatic heterocycles. The van der Waals surface area contributed by atoms with Crippen molar-refractivity contribution in [2.45, 2.75) is 77.4 Å². The third kappa shape index (κ3) is 2.54. The highest BCUT2D eigenvalue weighted by molar-refractivity contribution is 5.84. The zero-order chi connectivity index (χ0) is 13.5. The van der Waals surface area contributed by atoms with Crippen LogP contribution in [0.1, 0.15) is 65.2 Å². The summed E-state index contributed by atoms with van der Waals surface area (Å²) < 4.78 is 0. The molecule has 0 spiro atoms. The van der Waals surface area contributed by atoms with Crippen LogP contribution >= 0.6 is 0 Å². The van der Waals surface area contributed by atoms with Crippen LogP contribution in [0.25, 0.3) is 0 Å². The Bertz CT molecular complexity index is 343. The summed E-state index contributed by atoms with van der Waals surface area (Å²) in [7, 11) is 0. The van der Waals surface area contributed by atoms with Crippen LogP contribution in [0.15, 0.2) is 0 Å². The van der Waals surface area contributed by atoms with E-state index in [4.69, 9.17) is 0 Å². The molecule has 1 N–H and O–H groups in total. The minimum absolute atomic E-state index is 0.0237. The van der Waals surface area contributed by atoms with E-state index in [0.717, 1.165) is 6.54 Å². The fraction of sp³-hybridized carbons (Fsp3) is 0.938. The lowest BCUT2D eigenvalue weighted by molar-refractivity contribution is -0.131. The summed E-state index contributed by atoms with van der Waals surface area (Å²) in [5.74, 6) is 1.03. The molecule has 3 fully saturated rings. The Balaban J connectivity index is 1.73. The largest absolute Gasteiger partial charge is 0.325 e. The molecule has 3 nitrogen and oxygen atoms in total. The first-order valence-electron chi connectivity index (χ1n) is 8.16. The molecule has 3 rings (SSSR count). The van der Waals surface area contributed by atoms with Crippen molar-refractivity contribution in [3.63, 3.8) is 0 Å². The molecule has 0 aromatic carbocycles. The van der Waals surface area contributed by atoms with Crippen molar-refractivity contribution in [1.82, 2.24) is 10.2 Å². The predicted molar refractivity (Wildman–Crippen MR) is 76.6 cm³/mol. The van der Waals surface area contributed by atoms with Gasteiger partial charge >= 0.3 is 0 Å². The molecule has 2 atom stereocenters. The molecule has 1 heterocycles. The Hall–Kier alpha value is -0.570. The summed E-state index contributed by atoms with van der Waals surface area (Å²) >= 11 is 0. The summed E-state index contributed by atoms with van der Waals surface area (Å²) in [4.78, 5) is 14.7. The maximum absolute atomic E-state index is 12.5. The van der Waals surface area contributed by atoms with E-state index in [9.17, 15) is 4.79 Å². The van der Waals surface area contributed by atoms with Gasteiger partial charge in [0.25, 0.3) is 0 Å². The van der Waals surface area contributed by atoms with E-state index < -0.39 is 0 Å². The lowest BCUT2D eigenvalue weighted by Gasteiger charge is -2.35. The lowest BCUT2D eigenvalue weighted by Crippen LogP contribution is -2.46. The quantitative estimate of drug-likeness (QED) is 0.850. The number of nitrogens with one attached hydrogen (secondary N) is 1. The molecular weight excluding hydrogens is 236 g/mol. The number of rotatable bonds is 3. The molecule has 3 heteroatoms. The zero-order valence-electron chi connectivity index (χ0n) is 12.5. The number of carbonyl (C=O) groups excluding carboxylic acids is 1. The minimum Gasteiger partial charge on any atom is -0.325 e. The Labute approximate surface area is 117 Å². The second-order valence-corrected chi connectivity index (χ2v) is 7.36. The van der Waals surface area contributed by atoms with Gasteiger partial charge in [0.05, 0.1) is 12.2 Å². The van der Waals surface area contributed by atoms with Crippen LogP contribution < -0.4 is 5.32 Å². The highest BCUT2D eigenvalue weighted by Crippen LogP contribution is 2.40. The van der Waals surface area contributed by atoms with E-state index in [0.29, 0.717) is 23.4 Å². The van der Waals surface area contributed by atoms with Gasteiger partial charge < -0.3 is 4.90 Å². The molecule has 0 aromatic rings. The summed E-state index contributed by atoms with van der Waals surface area (Å²) in [5.41, 5.74) is 0.373. The molecule has 19 heavy (non-hydrogen) atoms. The van der Waals surface area contributed by atoms with E-state index in [1.807, 2.05) is 6.92 Å². The van der Waals surface area contributed by atoms with Gasteiger partial charge in [-0.05, 0) is 43.9 Å². The summed E-state index contributed by atoms with van der Waals surface area (Å²) in [6, 6.07) is 0.0237. The number of hydrogen-bond donors (Lipinski definition) is 1. The molecule has 2 saturated carbocycles. The second kappa shape index (κ2) is 5.08. The summed E-state index contributed by atoms with van der Waals surface area (Å²) in [5, 5.41) is 3.56. The van der Waals surface area contributed by atoms with Gasteiger partial charge in [-0.25, -0.2) is 0 Å². The molecule has 0 radical (unpaired) electrons. The van der Waals surface area contributed by atoms with E-state index >= 15 is 0 Å². The van der Waals surface area contributed by atoms with Crippen LogP contribution in [0, 0.1) is 11.3 Å². The average molecular weight is 264 g/mol. The highest BCUT2D eigenvalue weighted by Gasteiger charge is 2.44. The molecule has 1 saturated heterocycles. The van der Waals surface area contributed by atoms with Crippen LogP contribution in [-0.4, -0.2) is 29.6 Å². The van der Waals surface area contributed by atoms with Gasteiger partial charge in [0, 0.05) is 6.54 Å². The molecule has 2 unspecified atom stereocenters. The van der Waals surface area contributed by atoms with Gasteiger partial charge in [-0.15, -0.1) is 0 Å². The number of amides is 1. The first kappa shape index (κ1) is 13.4. The molecule has 2 aliphatic carbocycles. The third-order valence-electron chi connectivity index (χ3n) is 5.62. The van der Waals surface area contributed by atoms with E-state index in [1.54, 1.807) is 0 Å². The van der Waals surface area contributed by atoms with Gasteiger partial charge in [-0.2, -0.15) is 0 Å². The molecule has 3 aliphatic rings. The maximum atomic E-state index is 12.5. The van der Waals surface area contributed by atoms with Gasteiger partial charge in [0.1, 0.15) is 0 Å². The summed E-state index contributed by atoms with van der Waals surface area (Å²) in [6.45, 7) is 5.38. The van der Waals surface area contributed by atoms with Crippen molar-refractivity contribution in [3.05, 3.63) is 0 Å². The van der Waals surface area contributed by atoms with Gasteiger partial charge in [-0.1, -0.05) is 32.6 Å². The molecule has 0 bridgehead atoms. The molecular formula is C16H28N2O. The fourth-order valence-electron chi connectivity index (χ4n) is 4.44. The number of nitrogens with zero attached hydrogens (tertiary/aromatic N) is 1. The van der Waals surface area contributed by atoms with Crippen LogP contribution in [0.3, 0.4) is 0 Å². The van der Waals surface area contributed by atoms with Crippen molar-refractivity contribution in [2.75, 3.05) is 6.54 Å². The van der Waals surface area contributed by atoms with Crippen molar-refractivity contribution < 1.29 is 4.79 Å². The summed E-state index contributed by atoms with van der Waals surface area (Å²) in [6.07, 6.45) is 10.9. The number of carbonyl (C=O) groups is 1. The Morgan fingerprint density at radius 1 is 1.21 bits per heavy atom. The number of hydrogen-bond acceptors (Lipinski definition) is 2. The topological polar surface area (TPSA) is 32.3 Å². The predicted octanol–water partition coefficient (Wildman–Crippen LogP) is 2.90. The highest BCUT2D eigenvalue weighted by atomic mass is 16.2. The van der Waals surface area contributed by atoms with E-state index in [1.165, 1.54) is 51.4 Å². The van der Waals surface area contributed by atoms with Crippen LogP contribution in [0.4, 0.5) is 0 Å². The van der Waals surface area contributed by atoms with Crippen molar-refractivity contribution in [2.24, 2.45) is 11.3 Å². The normalized spacial score (nSPS) is 35.5. The molecule has 1 amide bonds. The molecule has 1 aliphatic heterocycles. The Kier molecular flexibility index (Phi) is 3.59. The first-order valence-corrected chi connectivity index (χ1v) is 8.16. The van der Waals surface area contributed by atoms with E-state index in [-0.39, 0.29) is 6.04 Å². The lowest BCUT2D eigenvalue weighted by atomic mass is 9.87. The average Bonchev–Trinajstić information content (AvgIpc) is 3.08. The van der Waals surface area contributed by atoms with Crippen LogP contribution in [-0.2, 0) is 4.79 Å². The van der Waals surface area contributed by atoms with Crippen LogP contribution in [0.5, 0.6) is 0 Å². The van der Waals surface area contributed by atoms with Gasteiger partial charge in [0.15, 0.2) is 0 Å². The monoisotopic (exact) mass is 264 g/mol. The Morgan fingerprint density at radius 2 is 1.84 bits per heavy atom.